The van der Waals surface area contributed by atoms with E-state index in [0.29, 0.717) is 23.3 Å². The molecule has 0 spiro atoms. The molecule has 0 radical (unpaired) electrons. The van der Waals surface area contributed by atoms with Crippen LogP contribution in [0.2, 0.25) is 0 Å². The minimum absolute atomic E-state index is 0.268. The molecule has 6 heteroatoms. The lowest BCUT2D eigenvalue weighted by Crippen LogP contribution is -2.00. The van der Waals surface area contributed by atoms with Crippen LogP contribution in [0.3, 0.4) is 0 Å². The van der Waals surface area contributed by atoms with Crippen molar-refractivity contribution in [3.8, 4) is 17.1 Å². The van der Waals surface area contributed by atoms with E-state index in [-0.39, 0.29) is 5.82 Å². The third-order valence-electron chi connectivity index (χ3n) is 3.19. The number of benzene rings is 2. The van der Waals surface area contributed by atoms with Gasteiger partial charge in [-0.15, -0.1) is 5.10 Å². The number of aromatic nitrogens is 3. The summed E-state index contributed by atoms with van der Waals surface area (Å²) in [6, 6.07) is 14.1. The molecule has 0 atom stereocenters. The lowest BCUT2D eigenvalue weighted by molar-refractivity contribution is 0.343. The molecule has 3 aromatic rings. The van der Waals surface area contributed by atoms with E-state index in [4.69, 9.17) is 4.74 Å². The molecule has 118 valence electrons. The highest BCUT2D eigenvalue weighted by atomic mass is 32.2. The first kappa shape index (κ1) is 15.6. The second-order valence-electron chi connectivity index (χ2n) is 4.98. The van der Waals surface area contributed by atoms with Crippen LogP contribution >= 0.6 is 11.8 Å². The SMILES string of the molecule is Cc1ccc(-c2nc(SCCOc3ccc(F)cc3)n[nH]2)cc1. The second kappa shape index (κ2) is 7.28. The highest BCUT2D eigenvalue weighted by Gasteiger charge is 2.06. The van der Waals surface area contributed by atoms with E-state index in [1.54, 1.807) is 12.1 Å². The molecule has 0 amide bonds. The van der Waals surface area contributed by atoms with Gasteiger partial charge in [0.05, 0.1) is 6.61 Å². The van der Waals surface area contributed by atoms with E-state index in [9.17, 15) is 4.39 Å². The predicted octanol–water partition coefficient (Wildman–Crippen LogP) is 4.09. The maximum absolute atomic E-state index is 12.8. The second-order valence-corrected chi connectivity index (χ2v) is 6.05. The topological polar surface area (TPSA) is 50.8 Å². The summed E-state index contributed by atoms with van der Waals surface area (Å²) in [7, 11) is 0. The average molecular weight is 329 g/mol. The van der Waals surface area contributed by atoms with Crippen molar-refractivity contribution in [2.75, 3.05) is 12.4 Å². The molecular weight excluding hydrogens is 313 g/mol. The average Bonchev–Trinajstić information content (AvgIpc) is 3.03. The van der Waals surface area contributed by atoms with Gasteiger partial charge in [-0.2, -0.15) is 0 Å². The molecule has 0 aliphatic carbocycles. The Bertz CT molecular complexity index is 756. The minimum Gasteiger partial charge on any atom is -0.493 e. The predicted molar refractivity (Wildman–Crippen MR) is 89.2 cm³/mol. The largest absolute Gasteiger partial charge is 0.493 e. The molecule has 0 saturated heterocycles. The number of nitrogens with one attached hydrogen (secondary N) is 1. The van der Waals surface area contributed by atoms with Crippen LogP contribution in [0.25, 0.3) is 11.4 Å². The van der Waals surface area contributed by atoms with Gasteiger partial charge >= 0.3 is 0 Å². The normalized spacial score (nSPS) is 10.7. The van der Waals surface area contributed by atoms with Crippen LogP contribution in [-0.4, -0.2) is 27.5 Å². The summed E-state index contributed by atoms with van der Waals surface area (Å²) < 4.78 is 18.3. The molecule has 0 aliphatic heterocycles. The zero-order chi connectivity index (χ0) is 16.1. The van der Waals surface area contributed by atoms with Crippen molar-refractivity contribution in [3.05, 3.63) is 59.9 Å². The molecule has 4 nitrogen and oxygen atoms in total. The number of thioether (sulfide) groups is 1. The standard InChI is InChI=1S/C17H16FN3OS/c1-12-2-4-13(5-3-12)16-19-17(21-20-16)23-11-10-22-15-8-6-14(18)7-9-15/h2-9H,10-11H2,1H3,(H,19,20,21). The van der Waals surface area contributed by atoms with Crippen molar-refractivity contribution < 1.29 is 9.13 Å². The van der Waals surface area contributed by atoms with E-state index >= 15 is 0 Å². The molecule has 0 fully saturated rings. The summed E-state index contributed by atoms with van der Waals surface area (Å²) in [5.74, 6) is 1.85. The van der Waals surface area contributed by atoms with Crippen LogP contribution in [0.15, 0.2) is 53.7 Å². The van der Waals surface area contributed by atoms with Crippen LogP contribution in [0, 0.1) is 12.7 Å². The maximum Gasteiger partial charge on any atom is 0.208 e. The molecule has 0 aliphatic rings. The highest BCUT2D eigenvalue weighted by molar-refractivity contribution is 7.99. The fourth-order valence-corrected chi connectivity index (χ4v) is 2.59. The first-order valence-corrected chi connectivity index (χ1v) is 8.20. The molecular formula is C17H16FN3OS. The van der Waals surface area contributed by atoms with Gasteiger partial charge in [-0.1, -0.05) is 41.6 Å². The van der Waals surface area contributed by atoms with Crippen LogP contribution in [0.5, 0.6) is 5.75 Å². The highest BCUT2D eigenvalue weighted by Crippen LogP contribution is 2.20. The maximum atomic E-state index is 12.8. The molecule has 1 N–H and O–H groups in total. The van der Waals surface area contributed by atoms with Gasteiger partial charge in [0.15, 0.2) is 5.82 Å². The molecule has 0 bridgehead atoms. The quantitative estimate of drug-likeness (QED) is 0.547. The van der Waals surface area contributed by atoms with E-state index in [2.05, 4.69) is 15.2 Å². The summed E-state index contributed by atoms with van der Waals surface area (Å²) in [4.78, 5) is 4.46. The third kappa shape index (κ3) is 4.32. The van der Waals surface area contributed by atoms with Gasteiger partial charge in [-0.25, -0.2) is 9.37 Å². The summed E-state index contributed by atoms with van der Waals surface area (Å²) in [5.41, 5.74) is 2.22. The van der Waals surface area contributed by atoms with Crippen molar-refractivity contribution >= 4 is 11.8 Å². The third-order valence-corrected chi connectivity index (χ3v) is 4.00. The fourth-order valence-electron chi connectivity index (χ4n) is 1.97. The van der Waals surface area contributed by atoms with Gasteiger partial charge in [-0.05, 0) is 31.2 Å². The zero-order valence-electron chi connectivity index (χ0n) is 12.6. The number of H-pyrrole nitrogens is 1. The van der Waals surface area contributed by atoms with Crippen molar-refractivity contribution in [1.29, 1.82) is 0 Å². The molecule has 0 unspecified atom stereocenters. The fraction of sp³-hybridized carbons (Fsp3) is 0.176. The number of ether oxygens (including phenoxy) is 1. The summed E-state index contributed by atoms with van der Waals surface area (Å²) >= 11 is 1.51. The molecule has 2 aromatic carbocycles. The van der Waals surface area contributed by atoms with E-state index < -0.39 is 0 Å². The Labute approximate surface area is 138 Å². The number of halogens is 1. The number of nitrogens with zero attached hydrogens (tertiary/aromatic N) is 2. The van der Waals surface area contributed by atoms with Crippen molar-refractivity contribution in [3.63, 3.8) is 0 Å². The molecule has 0 saturated carbocycles. The molecule has 1 aromatic heterocycles. The Morgan fingerprint density at radius 2 is 1.83 bits per heavy atom. The molecule has 23 heavy (non-hydrogen) atoms. The van der Waals surface area contributed by atoms with Gasteiger partial charge in [0.1, 0.15) is 11.6 Å². The monoisotopic (exact) mass is 329 g/mol. The number of hydrogen-bond donors (Lipinski definition) is 1. The Morgan fingerprint density at radius 3 is 2.57 bits per heavy atom. The van der Waals surface area contributed by atoms with Crippen molar-refractivity contribution in [2.45, 2.75) is 12.1 Å². The molecule has 3 rings (SSSR count). The summed E-state index contributed by atoms with van der Waals surface area (Å²) in [5, 5.41) is 7.82. The Balaban J connectivity index is 1.49. The lowest BCUT2D eigenvalue weighted by Gasteiger charge is -2.04. The number of hydrogen-bond acceptors (Lipinski definition) is 4. The zero-order valence-corrected chi connectivity index (χ0v) is 13.4. The van der Waals surface area contributed by atoms with Crippen molar-refractivity contribution in [1.82, 2.24) is 15.2 Å². The number of aromatic amines is 1. The smallest absolute Gasteiger partial charge is 0.208 e. The first-order valence-electron chi connectivity index (χ1n) is 7.21. The van der Waals surface area contributed by atoms with Gasteiger partial charge in [0, 0.05) is 11.3 Å². The summed E-state index contributed by atoms with van der Waals surface area (Å²) in [6.45, 7) is 2.55. The number of aryl methyl sites for hydroxylation is 1. The van der Waals surface area contributed by atoms with Gasteiger partial charge < -0.3 is 4.74 Å². The van der Waals surface area contributed by atoms with Crippen LogP contribution in [-0.2, 0) is 0 Å². The Morgan fingerprint density at radius 1 is 1.09 bits per heavy atom. The van der Waals surface area contributed by atoms with Crippen LogP contribution in [0.4, 0.5) is 4.39 Å². The lowest BCUT2D eigenvalue weighted by atomic mass is 10.1. The van der Waals surface area contributed by atoms with Gasteiger partial charge in [0.25, 0.3) is 0 Å². The van der Waals surface area contributed by atoms with Crippen LogP contribution < -0.4 is 4.74 Å². The number of rotatable bonds is 6. The van der Waals surface area contributed by atoms with E-state index in [1.807, 2.05) is 31.2 Å². The van der Waals surface area contributed by atoms with Gasteiger partial charge in [0.2, 0.25) is 5.16 Å². The van der Waals surface area contributed by atoms with Crippen LogP contribution in [0.1, 0.15) is 5.56 Å². The van der Waals surface area contributed by atoms with E-state index in [0.717, 1.165) is 11.4 Å². The minimum atomic E-state index is -0.268. The van der Waals surface area contributed by atoms with E-state index in [1.165, 1.54) is 29.5 Å². The first-order chi connectivity index (χ1) is 11.2. The van der Waals surface area contributed by atoms with Crippen molar-refractivity contribution in [2.24, 2.45) is 0 Å². The Hall–Kier alpha value is -2.34. The molecule has 1 heterocycles. The Kier molecular flexibility index (Phi) is 4.92. The summed E-state index contributed by atoms with van der Waals surface area (Å²) in [6.07, 6.45) is 0. The van der Waals surface area contributed by atoms with Gasteiger partial charge in [-0.3, -0.25) is 5.10 Å².